The van der Waals surface area contributed by atoms with Crippen LogP contribution in [0.5, 0.6) is 5.75 Å². The number of aliphatic hydroxyl groups is 1. The van der Waals surface area contributed by atoms with Gasteiger partial charge in [0.05, 0.1) is 25.3 Å². The zero-order valence-corrected chi connectivity index (χ0v) is 15.1. The van der Waals surface area contributed by atoms with Gasteiger partial charge in [-0.2, -0.15) is 0 Å². The average Bonchev–Trinajstić information content (AvgIpc) is 2.97. The maximum absolute atomic E-state index is 12.7. The van der Waals surface area contributed by atoms with E-state index in [1.54, 1.807) is 48.8 Å². The fraction of sp³-hybridized carbons (Fsp3) is 0.250. The van der Waals surface area contributed by atoms with E-state index in [4.69, 9.17) is 9.47 Å². The molecule has 1 saturated heterocycles. The van der Waals surface area contributed by atoms with E-state index in [-0.39, 0.29) is 24.5 Å². The second-order valence-corrected chi connectivity index (χ2v) is 6.00. The maximum Gasteiger partial charge on any atom is 0.295 e. The zero-order valence-electron chi connectivity index (χ0n) is 15.1. The van der Waals surface area contributed by atoms with Crippen molar-refractivity contribution in [2.45, 2.75) is 6.04 Å². The van der Waals surface area contributed by atoms with Crippen molar-refractivity contribution in [2.75, 3.05) is 27.4 Å². The van der Waals surface area contributed by atoms with E-state index in [0.29, 0.717) is 16.9 Å². The number of rotatable bonds is 6. The number of carbonyl (C=O) groups excluding carboxylic acids is 2. The molecular weight excluding hydrogens is 348 g/mol. The molecule has 7 heteroatoms. The van der Waals surface area contributed by atoms with Gasteiger partial charge in [0.15, 0.2) is 0 Å². The van der Waals surface area contributed by atoms with Crippen LogP contribution in [-0.2, 0) is 14.3 Å². The van der Waals surface area contributed by atoms with Gasteiger partial charge in [-0.25, -0.2) is 0 Å². The predicted molar refractivity (Wildman–Crippen MR) is 98.1 cm³/mol. The first kappa shape index (κ1) is 18.6. The van der Waals surface area contributed by atoms with Crippen LogP contribution < -0.4 is 4.74 Å². The van der Waals surface area contributed by atoms with Gasteiger partial charge in [-0.3, -0.25) is 14.6 Å². The van der Waals surface area contributed by atoms with Crippen LogP contribution in [-0.4, -0.2) is 54.1 Å². The van der Waals surface area contributed by atoms with Crippen molar-refractivity contribution < 1.29 is 24.2 Å². The van der Waals surface area contributed by atoms with Gasteiger partial charge in [0, 0.05) is 31.6 Å². The molecule has 1 aromatic heterocycles. The second-order valence-electron chi connectivity index (χ2n) is 6.00. The highest BCUT2D eigenvalue weighted by Gasteiger charge is 2.45. The standard InChI is InChI=1S/C20H20N2O5/c1-26-10-9-22-17(14-6-4-8-21-12-14)16(19(24)20(22)25)18(23)13-5-3-7-15(11-13)27-2/h3-8,11-12,17,23H,9-10H2,1-2H3/b18-16-. The number of aliphatic hydroxyl groups excluding tert-OH is 1. The number of hydrogen-bond acceptors (Lipinski definition) is 6. The largest absolute Gasteiger partial charge is 0.507 e. The SMILES string of the molecule is COCCN1C(=O)C(=O)/C(=C(\O)c2cccc(OC)c2)C1c1cccnc1. The second kappa shape index (κ2) is 8.01. The van der Waals surface area contributed by atoms with Crippen molar-refractivity contribution in [3.63, 3.8) is 0 Å². The van der Waals surface area contributed by atoms with Gasteiger partial charge in [0.25, 0.3) is 11.7 Å². The molecule has 140 valence electrons. The molecular formula is C20H20N2O5. The van der Waals surface area contributed by atoms with Crippen LogP contribution in [0.1, 0.15) is 17.2 Å². The highest BCUT2D eigenvalue weighted by atomic mass is 16.5. The Labute approximate surface area is 156 Å². The molecule has 7 nitrogen and oxygen atoms in total. The monoisotopic (exact) mass is 368 g/mol. The van der Waals surface area contributed by atoms with Gasteiger partial charge in [0.1, 0.15) is 11.5 Å². The number of amides is 1. The summed E-state index contributed by atoms with van der Waals surface area (Å²) in [4.78, 5) is 30.8. The number of Topliss-reactive ketones (excluding diaryl/α,β-unsaturated/α-hetero) is 1. The molecule has 1 aliphatic heterocycles. The van der Waals surface area contributed by atoms with Crippen molar-refractivity contribution in [1.29, 1.82) is 0 Å². The summed E-state index contributed by atoms with van der Waals surface area (Å²) >= 11 is 0. The average molecular weight is 368 g/mol. The molecule has 2 heterocycles. The van der Waals surface area contributed by atoms with Gasteiger partial charge >= 0.3 is 0 Å². The lowest BCUT2D eigenvalue weighted by Crippen LogP contribution is -2.32. The third-order valence-corrected chi connectivity index (χ3v) is 4.42. The van der Waals surface area contributed by atoms with Crippen molar-refractivity contribution in [3.8, 4) is 5.75 Å². The molecule has 1 fully saturated rings. The van der Waals surface area contributed by atoms with E-state index in [1.807, 2.05) is 0 Å². The third kappa shape index (κ3) is 3.54. The number of aromatic nitrogens is 1. The highest BCUT2D eigenvalue weighted by Crippen LogP contribution is 2.39. The summed E-state index contributed by atoms with van der Waals surface area (Å²) in [7, 11) is 3.03. The minimum Gasteiger partial charge on any atom is -0.507 e. The van der Waals surface area contributed by atoms with E-state index < -0.39 is 17.7 Å². The number of pyridine rings is 1. The minimum atomic E-state index is -0.736. The summed E-state index contributed by atoms with van der Waals surface area (Å²) in [5.41, 5.74) is 1.06. The Balaban J connectivity index is 2.15. The Morgan fingerprint density at radius 3 is 2.70 bits per heavy atom. The van der Waals surface area contributed by atoms with Crippen molar-refractivity contribution >= 4 is 17.4 Å². The fourth-order valence-corrected chi connectivity index (χ4v) is 3.11. The summed E-state index contributed by atoms with van der Waals surface area (Å²) in [5.74, 6) is -1.13. The molecule has 1 aromatic carbocycles. The van der Waals surface area contributed by atoms with Crippen LogP contribution in [0.15, 0.2) is 54.4 Å². The van der Waals surface area contributed by atoms with E-state index in [9.17, 15) is 14.7 Å². The molecule has 2 aromatic rings. The van der Waals surface area contributed by atoms with Crippen LogP contribution in [0, 0.1) is 0 Å². The van der Waals surface area contributed by atoms with Crippen LogP contribution in [0.3, 0.4) is 0 Å². The molecule has 1 atom stereocenters. The number of carbonyl (C=O) groups is 2. The van der Waals surface area contributed by atoms with E-state index in [0.717, 1.165) is 0 Å². The molecule has 0 radical (unpaired) electrons. The zero-order chi connectivity index (χ0) is 19.4. The normalized spacial score (nSPS) is 18.7. The highest BCUT2D eigenvalue weighted by molar-refractivity contribution is 6.46. The third-order valence-electron chi connectivity index (χ3n) is 4.42. The molecule has 1 amide bonds. The number of likely N-dealkylation sites (tertiary alicyclic amines) is 1. The lowest BCUT2D eigenvalue weighted by Gasteiger charge is -2.24. The Kier molecular flexibility index (Phi) is 5.52. The van der Waals surface area contributed by atoms with Gasteiger partial charge < -0.3 is 19.5 Å². The first-order chi connectivity index (χ1) is 13.1. The molecule has 0 aliphatic carbocycles. The Morgan fingerprint density at radius 2 is 2.04 bits per heavy atom. The number of benzene rings is 1. The van der Waals surface area contributed by atoms with Gasteiger partial charge in [-0.15, -0.1) is 0 Å². The van der Waals surface area contributed by atoms with Crippen molar-refractivity contribution in [1.82, 2.24) is 9.88 Å². The number of methoxy groups -OCH3 is 2. The van der Waals surface area contributed by atoms with E-state index >= 15 is 0 Å². The smallest absolute Gasteiger partial charge is 0.295 e. The summed E-state index contributed by atoms with van der Waals surface area (Å²) in [6.07, 6.45) is 3.18. The molecule has 0 bridgehead atoms. The summed E-state index contributed by atoms with van der Waals surface area (Å²) in [5, 5.41) is 10.9. The number of hydrogen-bond donors (Lipinski definition) is 1. The van der Waals surface area contributed by atoms with Gasteiger partial charge in [-0.1, -0.05) is 18.2 Å². The molecule has 1 unspecified atom stereocenters. The summed E-state index contributed by atoms with van der Waals surface area (Å²) in [6, 6.07) is 9.44. The van der Waals surface area contributed by atoms with Crippen LogP contribution in [0.2, 0.25) is 0 Å². The Bertz CT molecular complexity index is 879. The molecule has 1 N–H and O–H groups in total. The van der Waals surface area contributed by atoms with Crippen LogP contribution >= 0.6 is 0 Å². The minimum absolute atomic E-state index is 0.0253. The quantitative estimate of drug-likeness (QED) is 0.477. The maximum atomic E-state index is 12.7. The molecule has 0 saturated carbocycles. The van der Waals surface area contributed by atoms with Crippen LogP contribution in [0.25, 0.3) is 5.76 Å². The first-order valence-electron chi connectivity index (χ1n) is 8.40. The predicted octanol–water partition coefficient (Wildman–Crippen LogP) is 2.16. The number of nitrogens with zero attached hydrogens (tertiary/aromatic N) is 2. The number of ketones is 1. The lowest BCUT2D eigenvalue weighted by atomic mass is 9.96. The Hall–Kier alpha value is -3.19. The molecule has 1 aliphatic rings. The molecule has 3 rings (SSSR count). The number of ether oxygens (including phenoxy) is 2. The lowest BCUT2D eigenvalue weighted by molar-refractivity contribution is -0.140. The fourth-order valence-electron chi connectivity index (χ4n) is 3.11. The first-order valence-corrected chi connectivity index (χ1v) is 8.40. The summed E-state index contributed by atoms with van der Waals surface area (Å²) < 4.78 is 10.2. The van der Waals surface area contributed by atoms with Crippen molar-refractivity contribution in [2.24, 2.45) is 0 Å². The Morgan fingerprint density at radius 1 is 1.22 bits per heavy atom. The van der Waals surface area contributed by atoms with Crippen molar-refractivity contribution in [3.05, 3.63) is 65.5 Å². The van der Waals surface area contributed by atoms with Gasteiger partial charge in [0.2, 0.25) is 0 Å². The molecule has 27 heavy (non-hydrogen) atoms. The van der Waals surface area contributed by atoms with Gasteiger partial charge in [-0.05, 0) is 23.8 Å². The topological polar surface area (TPSA) is 89.0 Å². The summed E-state index contributed by atoms with van der Waals surface area (Å²) in [6.45, 7) is 0.485. The van der Waals surface area contributed by atoms with E-state index in [1.165, 1.54) is 19.1 Å². The van der Waals surface area contributed by atoms with Crippen LogP contribution in [0.4, 0.5) is 0 Å². The molecule has 0 spiro atoms. The van der Waals surface area contributed by atoms with E-state index in [2.05, 4.69) is 4.98 Å².